The second-order valence-corrected chi connectivity index (χ2v) is 7.53. The molecule has 2 heterocycles. The van der Waals surface area contributed by atoms with Crippen LogP contribution in [0.15, 0.2) is 22.8 Å². The molecule has 1 saturated carbocycles. The molecule has 1 aliphatic heterocycles. The molecule has 142 valence electrons. The van der Waals surface area contributed by atoms with E-state index in [0.29, 0.717) is 6.42 Å². The average Bonchev–Trinajstić information content (AvgIpc) is 3.19. The Kier molecular flexibility index (Phi) is 5.34. The van der Waals surface area contributed by atoms with Crippen LogP contribution in [0.3, 0.4) is 0 Å². The van der Waals surface area contributed by atoms with Crippen LogP contribution in [0.5, 0.6) is 0 Å². The van der Waals surface area contributed by atoms with E-state index in [-0.39, 0.29) is 30.3 Å². The van der Waals surface area contributed by atoms with E-state index in [2.05, 4.69) is 10.6 Å². The van der Waals surface area contributed by atoms with Gasteiger partial charge in [-0.25, -0.2) is 4.79 Å². The highest BCUT2D eigenvalue weighted by molar-refractivity contribution is 6.09. The monoisotopic (exact) mass is 361 g/mol. The molecular formula is C19H27N3O4. The summed E-state index contributed by atoms with van der Waals surface area (Å²) in [5, 5.41) is 5.72. The normalized spacial score (nSPS) is 26.8. The fourth-order valence-corrected chi connectivity index (χ4v) is 3.99. The van der Waals surface area contributed by atoms with Crippen molar-refractivity contribution in [3.63, 3.8) is 0 Å². The van der Waals surface area contributed by atoms with Crippen LogP contribution in [-0.2, 0) is 16.0 Å². The lowest BCUT2D eigenvalue weighted by Crippen LogP contribution is -2.54. The molecule has 1 aliphatic carbocycles. The molecule has 2 fully saturated rings. The molecule has 7 heteroatoms. The molecule has 4 amide bonds. The topological polar surface area (TPSA) is 91.7 Å². The average molecular weight is 361 g/mol. The molecule has 0 radical (unpaired) electrons. The molecule has 2 aliphatic rings. The Labute approximate surface area is 153 Å². The molecule has 2 N–H and O–H groups in total. The quantitative estimate of drug-likeness (QED) is 0.760. The molecule has 3 atom stereocenters. The van der Waals surface area contributed by atoms with Gasteiger partial charge in [0.15, 0.2) is 0 Å². The molecule has 3 unspecified atom stereocenters. The van der Waals surface area contributed by atoms with Gasteiger partial charge in [0.2, 0.25) is 5.91 Å². The third kappa shape index (κ3) is 3.61. The highest BCUT2D eigenvalue weighted by Gasteiger charge is 2.55. The first-order valence-corrected chi connectivity index (χ1v) is 9.38. The first-order valence-electron chi connectivity index (χ1n) is 9.38. The van der Waals surface area contributed by atoms with Crippen LogP contribution in [0.1, 0.15) is 51.7 Å². The lowest BCUT2D eigenvalue weighted by molar-refractivity contribution is -0.137. The standard InChI is InChI=1S/C19H27N3O4/c1-13-6-3-4-10-19(13)17(24)22(18(25)21-19)12-16(23)20-14(2)8-9-15-7-5-11-26-15/h5,7,11,13-14H,3-4,6,8-10,12H2,1-2H3,(H,20,23)(H,21,25). The van der Waals surface area contributed by atoms with E-state index in [0.717, 1.165) is 42.8 Å². The second kappa shape index (κ2) is 7.51. The summed E-state index contributed by atoms with van der Waals surface area (Å²) >= 11 is 0. The number of furan rings is 1. The van der Waals surface area contributed by atoms with Gasteiger partial charge in [0, 0.05) is 12.5 Å². The van der Waals surface area contributed by atoms with E-state index < -0.39 is 11.6 Å². The number of hydrogen-bond acceptors (Lipinski definition) is 4. The van der Waals surface area contributed by atoms with Crippen molar-refractivity contribution in [1.29, 1.82) is 0 Å². The molecule has 0 bridgehead atoms. The molecule has 7 nitrogen and oxygen atoms in total. The van der Waals surface area contributed by atoms with Crippen molar-refractivity contribution in [2.45, 2.75) is 64.0 Å². The van der Waals surface area contributed by atoms with E-state index in [1.165, 1.54) is 0 Å². The van der Waals surface area contributed by atoms with E-state index in [1.54, 1.807) is 6.26 Å². The minimum Gasteiger partial charge on any atom is -0.469 e. The highest BCUT2D eigenvalue weighted by atomic mass is 16.3. The zero-order valence-corrected chi connectivity index (χ0v) is 15.4. The molecule has 1 aromatic rings. The second-order valence-electron chi connectivity index (χ2n) is 7.53. The van der Waals surface area contributed by atoms with Crippen LogP contribution in [0, 0.1) is 5.92 Å². The summed E-state index contributed by atoms with van der Waals surface area (Å²) in [6.45, 7) is 3.67. The van der Waals surface area contributed by atoms with Crippen LogP contribution in [0.4, 0.5) is 4.79 Å². The van der Waals surface area contributed by atoms with E-state index in [4.69, 9.17) is 4.42 Å². The number of rotatable bonds is 6. The van der Waals surface area contributed by atoms with Crippen molar-refractivity contribution in [1.82, 2.24) is 15.5 Å². The lowest BCUT2D eigenvalue weighted by atomic mass is 9.73. The summed E-state index contributed by atoms with van der Waals surface area (Å²) in [6.07, 6.45) is 6.61. The van der Waals surface area contributed by atoms with Gasteiger partial charge in [-0.2, -0.15) is 0 Å². The van der Waals surface area contributed by atoms with Crippen molar-refractivity contribution < 1.29 is 18.8 Å². The summed E-state index contributed by atoms with van der Waals surface area (Å²) in [7, 11) is 0. The number of amides is 4. The molecule has 1 saturated heterocycles. The smallest absolute Gasteiger partial charge is 0.325 e. The summed E-state index contributed by atoms with van der Waals surface area (Å²) < 4.78 is 5.28. The minimum absolute atomic E-state index is 0.0732. The number of imide groups is 1. The number of aryl methyl sites for hydroxylation is 1. The molecular weight excluding hydrogens is 334 g/mol. The van der Waals surface area contributed by atoms with Gasteiger partial charge >= 0.3 is 6.03 Å². The maximum absolute atomic E-state index is 12.9. The van der Waals surface area contributed by atoms with Crippen molar-refractivity contribution in [2.75, 3.05) is 6.54 Å². The predicted octanol–water partition coefficient (Wildman–Crippen LogP) is 2.22. The first kappa shape index (κ1) is 18.5. The number of carbonyl (C=O) groups excluding carboxylic acids is 3. The van der Waals surface area contributed by atoms with Crippen LogP contribution >= 0.6 is 0 Å². The van der Waals surface area contributed by atoms with Gasteiger partial charge in [0.1, 0.15) is 17.8 Å². The van der Waals surface area contributed by atoms with Crippen LogP contribution in [0.25, 0.3) is 0 Å². The molecule has 0 aromatic carbocycles. The Bertz CT molecular complexity index is 672. The number of hydrogen-bond donors (Lipinski definition) is 2. The van der Waals surface area contributed by atoms with E-state index in [1.807, 2.05) is 26.0 Å². The maximum atomic E-state index is 12.9. The summed E-state index contributed by atoms with van der Waals surface area (Å²) in [6, 6.07) is 3.20. The maximum Gasteiger partial charge on any atom is 0.325 e. The SMILES string of the molecule is CC(CCc1ccco1)NC(=O)CN1C(=O)NC2(CCCCC2C)C1=O. The predicted molar refractivity (Wildman–Crippen MR) is 95.2 cm³/mol. The third-order valence-electron chi connectivity index (χ3n) is 5.61. The van der Waals surface area contributed by atoms with E-state index >= 15 is 0 Å². The van der Waals surface area contributed by atoms with Gasteiger partial charge in [-0.15, -0.1) is 0 Å². The van der Waals surface area contributed by atoms with Gasteiger partial charge in [-0.05, 0) is 44.2 Å². The third-order valence-corrected chi connectivity index (χ3v) is 5.61. The zero-order chi connectivity index (χ0) is 18.7. The Morgan fingerprint density at radius 3 is 2.96 bits per heavy atom. The van der Waals surface area contributed by atoms with E-state index in [9.17, 15) is 14.4 Å². The fourth-order valence-electron chi connectivity index (χ4n) is 3.99. The van der Waals surface area contributed by atoms with Crippen molar-refractivity contribution in [3.05, 3.63) is 24.2 Å². The number of urea groups is 1. The summed E-state index contributed by atoms with van der Waals surface area (Å²) in [5.41, 5.74) is -0.819. The number of nitrogens with one attached hydrogen (secondary N) is 2. The van der Waals surface area contributed by atoms with Gasteiger partial charge < -0.3 is 15.1 Å². The Morgan fingerprint density at radius 1 is 1.46 bits per heavy atom. The summed E-state index contributed by atoms with van der Waals surface area (Å²) in [5.74, 6) is 0.385. The number of nitrogens with zero attached hydrogens (tertiary/aromatic N) is 1. The van der Waals surface area contributed by atoms with Gasteiger partial charge in [0.05, 0.1) is 6.26 Å². The largest absolute Gasteiger partial charge is 0.469 e. The van der Waals surface area contributed by atoms with Crippen molar-refractivity contribution >= 4 is 17.8 Å². The molecule has 3 rings (SSSR count). The summed E-state index contributed by atoms with van der Waals surface area (Å²) in [4.78, 5) is 38.5. The van der Waals surface area contributed by atoms with Gasteiger partial charge in [-0.1, -0.05) is 19.8 Å². The Morgan fingerprint density at radius 2 is 2.27 bits per heavy atom. The molecule has 1 aromatic heterocycles. The van der Waals surface area contributed by atoms with Gasteiger partial charge in [-0.3, -0.25) is 14.5 Å². The lowest BCUT2D eigenvalue weighted by Gasteiger charge is -2.36. The highest BCUT2D eigenvalue weighted by Crippen LogP contribution is 2.38. The first-order chi connectivity index (χ1) is 12.4. The van der Waals surface area contributed by atoms with Crippen molar-refractivity contribution in [3.8, 4) is 0 Å². The van der Waals surface area contributed by atoms with Crippen LogP contribution in [-0.4, -0.2) is 40.9 Å². The fraction of sp³-hybridized carbons (Fsp3) is 0.632. The molecule has 26 heavy (non-hydrogen) atoms. The Balaban J connectivity index is 1.53. The minimum atomic E-state index is -0.819. The van der Waals surface area contributed by atoms with Crippen LogP contribution < -0.4 is 10.6 Å². The zero-order valence-electron chi connectivity index (χ0n) is 15.4. The molecule has 1 spiro atoms. The van der Waals surface area contributed by atoms with Gasteiger partial charge in [0.25, 0.3) is 5.91 Å². The van der Waals surface area contributed by atoms with Crippen molar-refractivity contribution in [2.24, 2.45) is 5.92 Å². The number of carbonyl (C=O) groups is 3. The van der Waals surface area contributed by atoms with Crippen LogP contribution in [0.2, 0.25) is 0 Å². The Hall–Kier alpha value is -2.31.